The van der Waals surface area contributed by atoms with Gasteiger partial charge >= 0.3 is 0 Å². The van der Waals surface area contributed by atoms with E-state index in [1.54, 1.807) is 18.1 Å². The van der Waals surface area contributed by atoms with Crippen molar-refractivity contribution in [2.45, 2.75) is 12.8 Å². The summed E-state index contributed by atoms with van der Waals surface area (Å²) in [6, 6.07) is 8.03. The average molecular weight is 268 g/mol. The molecule has 0 saturated heterocycles. The van der Waals surface area contributed by atoms with Gasteiger partial charge in [-0.15, -0.1) is 0 Å². The molecule has 2 aromatic rings. The lowest BCUT2D eigenvalue weighted by Crippen LogP contribution is -2.36. The second kappa shape index (κ2) is 5.28. The van der Waals surface area contributed by atoms with Crippen molar-refractivity contribution in [3.63, 3.8) is 0 Å². The molecule has 102 valence electrons. The molecule has 0 fully saturated rings. The summed E-state index contributed by atoms with van der Waals surface area (Å²) in [4.78, 5) is 22.7. The molecule has 0 spiro atoms. The lowest BCUT2D eigenvalue weighted by Gasteiger charge is -2.29. The summed E-state index contributed by atoms with van der Waals surface area (Å²) in [5.74, 6) is 0.563. The van der Waals surface area contributed by atoms with E-state index in [0.29, 0.717) is 11.5 Å². The highest BCUT2D eigenvalue weighted by atomic mass is 16.2. The fraction of sp³-hybridized carbons (Fsp3) is 0.267. The van der Waals surface area contributed by atoms with Gasteiger partial charge in [-0.25, -0.2) is 9.97 Å². The molecule has 0 radical (unpaired) electrons. The van der Waals surface area contributed by atoms with Crippen LogP contribution >= 0.6 is 0 Å². The Morgan fingerprint density at radius 3 is 2.85 bits per heavy atom. The highest BCUT2D eigenvalue weighted by Gasteiger charge is 2.24. The van der Waals surface area contributed by atoms with Crippen molar-refractivity contribution in [2.75, 3.05) is 23.8 Å². The molecule has 3 rings (SSSR count). The Kier molecular flexibility index (Phi) is 3.33. The standard InChI is InChI=1S/C15H16N4O/c1-16-14-10-17-12(9-18-14)15(20)19-8-4-6-11-5-2-3-7-13(11)19/h2-3,5,7,9-10H,4,6,8H2,1H3,(H,16,18). The summed E-state index contributed by atoms with van der Waals surface area (Å²) in [7, 11) is 1.77. The van der Waals surface area contributed by atoms with E-state index in [-0.39, 0.29) is 5.91 Å². The van der Waals surface area contributed by atoms with Crippen LogP contribution in [-0.4, -0.2) is 29.5 Å². The Hall–Kier alpha value is -2.43. The number of hydrogen-bond donors (Lipinski definition) is 1. The molecule has 1 aromatic carbocycles. The van der Waals surface area contributed by atoms with E-state index in [0.717, 1.165) is 25.1 Å². The highest BCUT2D eigenvalue weighted by molar-refractivity contribution is 6.05. The number of carbonyl (C=O) groups is 1. The van der Waals surface area contributed by atoms with Gasteiger partial charge in [-0.2, -0.15) is 0 Å². The summed E-state index contributed by atoms with van der Waals surface area (Å²) in [6.07, 6.45) is 5.09. The maximum absolute atomic E-state index is 12.6. The highest BCUT2D eigenvalue weighted by Crippen LogP contribution is 2.27. The molecule has 1 aliphatic heterocycles. The smallest absolute Gasteiger partial charge is 0.278 e. The Balaban J connectivity index is 1.91. The normalized spacial score (nSPS) is 13.8. The molecule has 0 unspecified atom stereocenters. The molecule has 0 bridgehead atoms. The minimum atomic E-state index is -0.0905. The third-order valence-corrected chi connectivity index (χ3v) is 3.48. The van der Waals surface area contributed by atoms with Crippen molar-refractivity contribution in [3.8, 4) is 0 Å². The van der Waals surface area contributed by atoms with Crippen LogP contribution in [0.3, 0.4) is 0 Å². The number of hydrogen-bond acceptors (Lipinski definition) is 4. The first-order chi connectivity index (χ1) is 9.79. The quantitative estimate of drug-likeness (QED) is 0.906. The molecule has 1 N–H and O–H groups in total. The largest absolute Gasteiger partial charge is 0.372 e. The van der Waals surface area contributed by atoms with Gasteiger partial charge in [0.2, 0.25) is 0 Å². The Morgan fingerprint density at radius 2 is 2.10 bits per heavy atom. The molecule has 1 aromatic heterocycles. The van der Waals surface area contributed by atoms with Gasteiger partial charge in [-0.05, 0) is 24.5 Å². The number of nitrogens with zero attached hydrogens (tertiary/aromatic N) is 3. The summed E-state index contributed by atoms with van der Waals surface area (Å²) in [6.45, 7) is 0.727. The van der Waals surface area contributed by atoms with Gasteiger partial charge < -0.3 is 10.2 Å². The van der Waals surface area contributed by atoms with Gasteiger partial charge in [0.1, 0.15) is 11.5 Å². The summed E-state index contributed by atoms with van der Waals surface area (Å²) >= 11 is 0. The van der Waals surface area contributed by atoms with Crippen LogP contribution in [0.1, 0.15) is 22.5 Å². The van der Waals surface area contributed by atoms with E-state index >= 15 is 0 Å². The number of rotatable bonds is 2. The van der Waals surface area contributed by atoms with E-state index in [1.165, 1.54) is 11.8 Å². The molecule has 5 nitrogen and oxygen atoms in total. The zero-order chi connectivity index (χ0) is 13.9. The van der Waals surface area contributed by atoms with Crippen molar-refractivity contribution in [1.82, 2.24) is 9.97 Å². The summed E-state index contributed by atoms with van der Waals surface area (Å²) in [5.41, 5.74) is 2.58. The van der Waals surface area contributed by atoms with Crippen LogP contribution in [-0.2, 0) is 6.42 Å². The van der Waals surface area contributed by atoms with E-state index < -0.39 is 0 Å². The van der Waals surface area contributed by atoms with E-state index in [4.69, 9.17) is 0 Å². The topological polar surface area (TPSA) is 58.1 Å². The molecule has 5 heteroatoms. The number of fused-ring (bicyclic) bond motifs is 1. The first-order valence-electron chi connectivity index (χ1n) is 6.69. The fourth-order valence-corrected chi connectivity index (χ4v) is 2.45. The molecule has 0 aliphatic carbocycles. The zero-order valence-corrected chi connectivity index (χ0v) is 11.3. The summed E-state index contributed by atoms with van der Waals surface area (Å²) in [5, 5.41) is 2.89. The summed E-state index contributed by atoms with van der Waals surface area (Å²) < 4.78 is 0. The van der Waals surface area contributed by atoms with Gasteiger partial charge in [0.25, 0.3) is 5.91 Å². The van der Waals surface area contributed by atoms with Crippen molar-refractivity contribution >= 4 is 17.4 Å². The van der Waals surface area contributed by atoms with Crippen molar-refractivity contribution in [3.05, 3.63) is 47.9 Å². The molecule has 2 heterocycles. The molecule has 1 amide bonds. The van der Waals surface area contributed by atoms with Gasteiger partial charge in [0, 0.05) is 19.3 Å². The van der Waals surface area contributed by atoms with E-state index in [2.05, 4.69) is 21.4 Å². The van der Waals surface area contributed by atoms with Gasteiger partial charge in [0.05, 0.1) is 12.4 Å². The van der Waals surface area contributed by atoms with E-state index in [1.807, 2.05) is 18.2 Å². The monoisotopic (exact) mass is 268 g/mol. The molecular weight excluding hydrogens is 252 g/mol. The predicted molar refractivity (Wildman–Crippen MR) is 78.0 cm³/mol. The Bertz CT molecular complexity index is 624. The molecule has 1 aliphatic rings. The molecular formula is C15H16N4O. The number of nitrogens with one attached hydrogen (secondary N) is 1. The lowest BCUT2D eigenvalue weighted by molar-refractivity contribution is 0.0980. The molecule has 0 saturated carbocycles. The number of carbonyl (C=O) groups excluding carboxylic acids is 1. The number of anilines is 2. The SMILES string of the molecule is CNc1cnc(C(=O)N2CCCc3ccccc32)cn1. The Labute approximate surface area is 117 Å². The first kappa shape index (κ1) is 12.6. The van der Waals surface area contributed by atoms with Crippen LogP contribution in [0.25, 0.3) is 0 Å². The minimum absolute atomic E-state index is 0.0905. The second-order valence-electron chi connectivity index (χ2n) is 4.73. The predicted octanol–water partition coefficient (Wildman–Crippen LogP) is 2.11. The Morgan fingerprint density at radius 1 is 1.25 bits per heavy atom. The van der Waals surface area contributed by atoms with Gasteiger partial charge in [0.15, 0.2) is 0 Å². The minimum Gasteiger partial charge on any atom is -0.372 e. The average Bonchev–Trinajstić information content (AvgIpc) is 2.54. The number of amides is 1. The van der Waals surface area contributed by atoms with Gasteiger partial charge in [-0.3, -0.25) is 4.79 Å². The van der Waals surface area contributed by atoms with Crippen LogP contribution in [0.2, 0.25) is 0 Å². The van der Waals surface area contributed by atoms with Crippen LogP contribution in [0.15, 0.2) is 36.7 Å². The van der Waals surface area contributed by atoms with Crippen molar-refractivity contribution < 1.29 is 4.79 Å². The molecule has 0 atom stereocenters. The van der Waals surface area contributed by atoms with Crippen molar-refractivity contribution in [1.29, 1.82) is 0 Å². The third-order valence-electron chi connectivity index (χ3n) is 3.48. The maximum Gasteiger partial charge on any atom is 0.278 e. The van der Waals surface area contributed by atoms with Gasteiger partial charge in [-0.1, -0.05) is 18.2 Å². The van der Waals surface area contributed by atoms with Crippen molar-refractivity contribution in [2.24, 2.45) is 0 Å². The first-order valence-corrected chi connectivity index (χ1v) is 6.69. The lowest BCUT2D eigenvalue weighted by atomic mass is 10.0. The van der Waals surface area contributed by atoms with Crippen LogP contribution in [0.5, 0.6) is 0 Å². The number of benzene rings is 1. The molecule has 20 heavy (non-hydrogen) atoms. The number of aryl methyl sites for hydroxylation is 1. The van der Waals surface area contributed by atoms with Crippen LogP contribution in [0, 0.1) is 0 Å². The number of aromatic nitrogens is 2. The maximum atomic E-state index is 12.6. The number of para-hydroxylation sites is 1. The fourth-order valence-electron chi connectivity index (χ4n) is 2.45. The van der Waals surface area contributed by atoms with Crippen LogP contribution < -0.4 is 10.2 Å². The third kappa shape index (κ3) is 2.22. The second-order valence-corrected chi connectivity index (χ2v) is 4.73. The van der Waals surface area contributed by atoms with E-state index in [9.17, 15) is 4.79 Å². The zero-order valence-electron chi connectivity index (χ0n) is 11.3. The van der Waals surface area contributed by atoms with Crippen LogP contribution in [0.4, 0.5) is 11.5 Å².